The zero-order valence-corrected chi connectivity index (χ0v) is 49.5. The number of aliphatic hydroxyl groups is 1. The lowest BCUT2D eigenvalue weighted by atomic mass is 10.0. The Hall–Kier alpha value is -6.10. The van der Waals surface area contributed by atoms with E-state index in [2.05, 4.69) is 0 Å². The highest BCUT2D eigenvalue weighted by molar-refractivity contribution is 5.19. The zero-order valence-electron chi connectivity index (χ0n) is 49.5. The van der Waals surface area contributed by atoms with E-state index in [-0.39, 0.29) is 66.1 Å². The van der Waals surface area contributed by atoms with Crippen LogP contribution in [0.15, 0.2) is 212 Å². The second-order valence-corrected chi connectivity index (χ2v) is 22.7. The largest absolute Gasteiger partial charge is 0.385 e. The van der Waals surface area contributed by atoms with Gasteiger partial charge in [0.2, 0.25) is 0 Å². The summed E-state index contributed by atoms with van der Waals surface area (Å²) in [7, 11) is 1.60. The third-order valence-corrected chi connectivity index (χ3v) is 15.9. The number of benzene rings is 7. The summed E-state index contributed by atoms with van der Waals surface area (Å²) in [5, 5.41) is 12.5. The van der Waals surface area contributed by atoms with Crippen molar-refractivity contribution >= 4 is 0 Å². The molecular formula is C71H80O16. The maximum Gasteiger partial charge on any atom is 0.187 e. The van der Waals surface area contributed by atoms with E-state index in [4.69, 9.17) is 71.1 Å². The smallest absolute Gasteiger partial charge is 0.187 e. The van der Waals surface area contributed by atoms with Gasteiger partial charge in [0.05, 0.1) is 66.1 Å². The topological polar surface area (TPSA) is 159 Å². The molecule has 0 spiro atoms. The van der Waals surface area contributed by atoms with Crippen LogP contribution in [0.4, 0.5) is 0 Å². The Kier molecular flexibility index (Phi) is 22.5. The lowest BCUT2D eigenvalue weighted by Gasteiger charge is -2.31. The molecule has 4 saturated heterocycles. The highest BCUT2D eigenvalue weighted by atomic mass is 16.8. The standard InChI is InChI=1S/C71H80O16/c1-71(2)82-48-58(87-71)62-63(76-41-51-29-15-6-16-30-51)59(72)68(84-62)83-57(46-74-39-49-25-11-4-12-26-49)61-65(78-43-53-33-19-8-20-34-53)67(80-45-55-37-23-10-24-38-55)70(86-61)81-47-56(75-40-50-27-13-5-14-28-50)60-64(77-42-52-31-17-7-18-32-52)66(69(73-3)85-60)79-44-54-35-21-9-22-36-54/h4-38,56-70,72H,39-48H2,1-3H3/t56-,57-,58-,59-,60+,61+,62+,63-,64+,65+,66-,67-,68-,69-,70-/m1/s1. The van der Waals surface area contributed by atoms with Crippen LogP contribution in [0.1, 0.15) is 52.8 Å². The maximum atomic E-state index is 12.5. The molecule has 7 aromatic carbocycles. The van der Waals surface area contributed by atoms with E-state index in [1.807, 2.05) is 226 Å². The molecule has 4 heterocycles. The quantitative estimate of drug-likeness (QED) is 0.0437. The SMILES string of the molecule is CO[C@@H]1O[C@@H]([C@@H](CO[C@@H]2O[C@@H]([C@@H](COCc3ccccc3)O[C@@H]3O[C@@H]([C@H]4COC(C)(C)O4)[C@H](OCc4ccccc4)[C@H]3O)[C@H](OCc3ccccc3)[C@H]2OCc2ccccc2)OCc2ccccc2)[C@H](OCc2ccccc2)[C@H]1OCc1ccccc1. The minimum atomic E-state index is -1.30. The molecule has 0 radical (unpaired) electrons. The van der Waals surface area contributed by atoms with Crippen LogP contribution in [0, 0.1) is 0 Å². The molecule has 16 heteroatoms. The van der Waals surface area contributed by atoms with Crippen LogP contribution < -0.4 is 0 Å². The fraction of sp³-hybridized carbons (Fsp3) is 0.408. The molecule has 4 aliphatic rings. The van der Waals surface area contributed by atoms with E-state index < -0.39 is 97.9 Å². The predicted molar refractivity (Wildman–Crippen MR) is 321 cm³/mol. The van der Waals surface area contributed by atoms with Gasteiger partial charge in [-0.15, -0.1) is 0 Å². The van der Waals surface area contributed by atoms with Gasteiger partial charge >= 0.3 is 0 Å². The van der Waals surface area contributed by atoms with Crippen molar-refractivity contribution in [1.82, 2.24) is 0 Å². The second-order valence-electron chi connectivity index (χ2n) is 22.7. The Bertz CT molecular complexity index is 3050. The molecule has 16 nitrogen and oxygen atoms in total. The van der Waals surface area contributed by atoms with Crippen molar-refractivity contribution in [3.05, 3.63) is 251 Å². The van der Waals surface area contributed by atoms with Crippen molar-refractivity contribution in [3.63, 3.8) is 0 Å². The van der Waals surface area contributed by atoms with E-state index in [0.29, 0.717) is 0 Å². The monoisotopic (exact) mass is 1190 g/mol. The summed E-state index contributed by atoms with van der Waals surface area (Å²) in [5.74, 6) is -0.893. The van der Waals surface area contributed by atoms with E-state index in [0.717, 1.165) is 38.9 Å². The van der Waals surface area contributed by atoms with Crippen LogP contribution in [-0.4, -0.2) is 130 Å². The average Bonchev–Trinajstić information content (AvgIpc) is 1.99. The van der Waals surface area contributed by atoms with Crippen molar-refractivity contribution in [3.8, 4) is 0 Å². The molecule has 0 unspecified atom stereocenters. The summed E-state index contributed by atoms with van der Waals surface area (Å²) in [4.78, 5) is 0. The van der Waals surface area contributed by atoms with E-state index in [1.165, 1.54) is 0 Å². The number of hydrogen-bond donors (Lipinski definition) is 1. The van der Waals surface area contributed by atoms with Gasteiger partial charge in [-0.05, 0) is 52.8 Å². The van der Waals surface area contributed by atoms with Gasteiger partial charge in [0.1, 0.15) is 73.2 Å². The number of ether oxygens (including phenoxy) is 15. The summed E-state index contributed by atoms with van der Waals surface area (Å²) in [6.45, 7) is 5.34. The van der Waals surface area contributed by atoms with Crippen molar-refractivity contribution in [2.75, 3.05) is 26.9 Å². The third-order valence-electron chi connectivity index (χ3n) is 15.9. The van der Waals surface area contributed by atoms with Crippen LogP contribution in [0.2, 0.25) is 0 Å². The highest BCUT2D eigenvalue weighted by Gasteiger charge is 2.57. The Balaban J connectivity index is 0.930. The fourth-order valence-corrected chi connectivity index (χ4v) is 11.4. The van der Waals surface area contributed by atoms with E-state index >= 15 is 0 Å². The van der Waals surface area contributed by atoms with Gasteiger partial charge in [-0.2, -0.15) is 0 Å². The van der Waals surface area contributed by atoms with Crippen LogP contribution in [0.25, 0.3) is 0 Å². The van der Waals surface area contributed by atoms with Gasteiger partial charge in [-0.1, -0.05) is 212 Å². The van der Waals surface area contributed by atoms with Gasteiger partial charge in [0.25, 0.3) is 0 Å². The average molecular weight is 1190 g/mol. The van der Waals surface area contributed by atoms with Crippen molar-refractivity contribution < 1.29 is 76.2 Å². The Morgan fingerprint density at radius 3 is 1.22 bits per heavy atom. The summed E-state index contributed by atoms with van der Waals surface area (Å²) in [6, 6.07) is 69.3. The molecule has 87 heavy (non-hydrogen) atoms. The zero-order chi connectivity index (χ0) is 59.6. The Morgan fingerprint density at radius 1 is 0.414 bits per heavy atom. The molecule has 0 bridgehead atoms. The first kappa shape index (κ1) is 62.5. The fourth-order valence-electron chi connectivity index (χ4n) is 11.4. The molecule has 15 atom stereocenters. The third kappa shape index (κ3) is 17.2. The predicted octanol–water partition coefficient (Wildman–Crippen LogP) is 10.5. The van der Waals surface area contributed by atoms with Crippen molar-refractivity contribution in [1.29, 1.82) is 0 Å². The molecule has 7 aromatic rings. The normalized spacial score (nSPS) is 27.6. The highest BCUT2D eigenvalue weighted by Crippen LogP contribution is 2.39. The Morgan fingerprint density at radius 2 is 0.793 bits per heavy atom. The maximum absolute atomic E-state index is 12.5. The van der Waals surface area contributed by atoms with Gasteiger partial charge in [-0.25, -0.2) is 0 Å². The first-order valence-corrected chi connectivity index (χ1v) is 30.0. The van der Waals surface area contributed by atoms with Gasteiger partial charge in [-0.3, -0.25) is 0 Å². The van der Waals surface area contributed by atoms with Crippen LogP contribution >= 0.6 is 0 Å². The van der Waals surface area contributed by atoms with Crippen LogP contribution in [0.3, 0.4) is 0 Å². The lowest BCUT2D eigenvalue weighted by Crippen LogP contribution is -2.48. The minimum Gasteiger partial charge on any atom is -0.385 e. The number of rotatable bonds is 31. The molecule has 4 aliphatic heterocycles. The molecule has 0 amide bonds. The van der Waals surface area contributed by atoms with Gasteiger partial charge < -0.3 is 76.2 Å². The summed E-state index contributed by atoms with van der Waals surface area (Å²) < 4.78 is 101. The second kappa shape index (κ2) is 31.4. The van der Waals surface area contributed by atoms with E-state index in [1.54, 1.807) is 7.11 Å². The van der Waals surface area contributed by atoms with Crippen molar-refractivity contribution in [2.45, 2.75) is 158 Å². The molecule has 4 fully saturated rings. The lowest BCUT2D eigenvalue weighted by molar-refractivity contribution is -0.254. The molecule has 0 saturated carbocycles. The van der Waals surface area contributed by atoms with Gasteiger partial charge in [0.15, 0.2) is 24.7 Å². The summed E-state index contributed by atoms with van der Waals surface area (Å²) >= 11 is 0. The summed E-state index contributed by atoms with van der Waals surface area (Å²) in [6.07, 6.45) is -13.5. The molecule has 460 valence electrons. The van der Waals surface area contributed by atoms with Crippen molar-refractivity contribution in [2.24, 2.45) is 0 Å². The van der Waals surface area contributed by atoms with Crippen LogP contribution in [0.5, 0.6) is 0 Å². The number of methoxy groups -OCH3 is 1. The Labute approximate surface area is 510 Å². The summed E-state index contributed by atoms with van der Waals surface area (Å²) in [5.41, 5.74) is 6.61. The first-order chi connectivity index (χ1) is 42.7. The van der Waals surface area contributed by atoms with Crippen LogP contribution in [-0.2, 0) is 117 Å². The van der Waals surface area contributed by atoms with E-state index in [9.17, 15) is 5.11 Å². The van der Waals surface area contributed by atoms with Gasteiger partial charge in [0, 0.05) is 7.11 Å². The number of hydrogen-bond acceptors (Lipinski definition) is 16. The first-order valence-electron chi connectivity index (χ1n) is 30.0. The minimum absolute atomic E-state index is 0.0341. The number of aliphatic hydroxyl groups excluding tert-OH is 1. The molecule has 0 aliphatic carbocycles. The molecular weight excluding hydrogens is 1110 g/mol. The molecule has 0 aromatic heterocycles. The molecule has 1 N–H and O–H groups in total. The molecule has 11 rings (SSSR count).